The fourth-order valence-corrected chi connectivity index (χ4v) is 11.0. The van der Waals surface area contributed by atoms with Crippen molar-refractivity contribution < 1.29 is 37.3 Å². The van der Waals surface area contributed by atoms with Gasteiger partial charge < -0.3 is 19.4 Å². The molecule has 0 spiro atoms. The second kappa shape index (κ2) is 64.2. The lowest BCUT2D eigenvalue weighted by Gasteiger charge is -2.27. The Balaban J connectivity index is 5.01. The summed E-state index contributed by atoms with van der Waals surface area (Å²) in [4.78, 5) is 37.9. The molecule has 10 heteroatoms. The molecule has 1 amide bonds. The molecule has 0 aliphatic rings. The third kappa shape index (κ3) is 65.5. The van der Waals surface area contributed by atoms with Crippen molar-refractivity contribution in [2.24, 2.45) is 0 Å². The molecule has 3 unspecified atom stereocenters. The van der Waals surface area contributed by atoms with Crippen LogP contribution >= 0.6 is 7.82 Å². The van der Waals surface area contributed by atoms with E-state index in [1.807, 2.05) is 33.3 Å². The maximum atomic E-state index is 13.6. The Morgan fingerprint density at radius 3 is 1.09 bits per heavy atom. The molecule has 0 rings (SSSR count). The number of nitrogens with zero attached hydrogens (tertiary/aromatic N) is 1. The molecular formula is C75H138N2O7P+. The number of hydrogen-bond acceptors (Lipinski definition) is 6. The smallest absolute Gasteiger partial charge is 0.456 e. The number of carbonyl (C=O) groups is 2. The molecule has 0 aromatic carbocycles. The minimum absolute atomic E-state index is 0.0371. The van der Waals surface area contributed by atoms with Crippen molar-refractivity contribution in [2.75, 3.05) is 40.9 Å². The minimum atomic E-state index is -4.46. The van der Waals surface area contributed by atoms with E-state index in [2.05, 4.69) is 99.0 Å². The second-order valence-corrected chi connectivity index (χ2v) is 26.9. The van der Waals surface area contributed by atoms with Crippen molar-refractivity contribution in [3.8, 4) is 0 Å². The number of ether oxygens (including phenoxy) is 1. The van der Waals surface area contributed by atoms with Crippen LogP contribution in [0.1, 0.15) is 329 Å². The number of allylic oxidation sites excluding steroid dienone is 13. The molecule has 0 aliphatic carbocycles. The molecule has 0 radical (unpaired) electrons. The van der Waals surface area contributed by atoms with E-state index in [0.29, 0.717) is 17.4 Å². The molecule has 85 heavy (non-hydrogen) atoms. The number of phosphoric ester groups is 1. The molecule has 0 aromatic heterocycles. The van der Waals surface area contributed by atoms with E-state index >= 15 is 0 Å². The van der Waals surface area contributed by atoms with Gasteiger partial charge in [0.1, 0.15) is 19.3 Å². The van der Waals surface area contributed by atoms with Gasteiger partial charge in [-0.2, -0.15) is 0 Å². The van der Waals surface area contributed by atoms with Crippen molar-refractivity contribution in [2.45, 2.75) is 341 Å². The monoisotopic (exact) mass is 1210 g/mol. The molecule has 494 valence electrons. The van der Waals surface area contributed by atoms with Gasteiger partial charge in [-0.3, -0.25) is 18.6 Å². The fourth-order valence-electron chi connectivity index (χ4n) is 10.2. The first kappa shape index (κ1) is 82.2. The molecule has 3 atom stereocenters. The van der Waals surface area contributed by atoms with Crippen LogP contribution in [-0.2, 0) is 27.9 Å². The van der Waals surface area contributed by atoms with Gasteiger partial charge in [-0.15, -0.1) is 0 Å². The summed E-state index contributed by atoms with van der Waals surface area (Å²) >= 11 is 0. The van der Waals surface area contributed by atoms with Gasteiger partial charge in [0.2, 0.25) is 5.91 Å². The largest absolute Gasteiger partial charge is 0.472 e. The minimum Gasteiger partial charge on any atom is -0.456 e. The van der Waals surface area contributed by atoms with Crippen molar-refractivity contribution in [1.29, 1.82) is 0 Å². The van der Waals surface area contributed by atoms with Crippen LogP contribution in [0, 0.1) is 0 Å². The molecule has 0 aromatic rings. The molecule has 0 aliphatic heterocycles. The Labute approximate surface area is 526 Å². The van der Waals surface area contributed by atoms with E-state index in [1.165, 1.54) is 212 Å². The molecular weight excluding hydrogens is 1070 g/mol. The molecule has 0 heterocycles. The highest BCUT2D eigenvalue weighted by Gasteiger charge is 2.30. The summed E-state index contributed by atoms with van der Waals surface area (Å²) in [6, 6.07) is -0.855. The number of amides is 1. The van der Waals surface area contributed by atoms with Crippen LogP contribution in [0.15, 0.2) is 85.1 Å². The number of esters is 1. The summed E-state index contributed by atoms with van der Waals surface area (Å²) in [6.07, 6.45) is 85.9. The van der Waals surface area contributed by atoms with Gasteiger partial charge in [-0.1, -0.05) is 292 Å². The summed E-state index contributed by atoms with van der Waals surface area (Å²) in [7, 11) is 1.49. The fraction of sp³-hybridized carbons (Fsp3) is 0.787. The van der Waals surface area contributed by atoms with Crippen LogP contribution in [0.2, 0.25) is 0 Å². The number of hydrogen-bond donors (Lipinski definition) is 2. The SMILES string of the molecule is CCCCC/C=C\C/C=C\C/C=C\C/C=C\CCCCCCCCCCCCCC(=O)NC(COP(=O)(O)OCC[N+](C)(C)C)C(/C=C\CCCCCCCCCCC)OC(=O)CCCCCCCCCCCCC/C=C\C/C=C\CCCCC. The van der Waals surface area contributed by atoms with Crippen LogP contribution in [0.5, 0.6) is 0 Å². The van der Waals surface area contributed by atoms with Crippen molar-refractivity contribution >= 4 is 19.7 Å². The topological polar surface area (TPSA) is 111 Å². The highest BCUT2D eigenvalue weighted by Crippen LogP contribution is 2.43. The number of phosphoric acid groups is 1. The van der Waals surface area contributed by atoms with Crippen molar-refractivity contribution in [3.63, 3.8) is 0 Å². The lowest BCUT2D eigenvalue weighted by molar-refractivity contribution is -0.870. The van der Waals surface area contributed by atoms with Crippen LogP contribution < -0.4 is 5.32 Å². The number of unbranched alkanes of at least 4 members (excludes halogenated alkanes) is 37. The summed E-state index contributed by atoms with van der Waals surface area (Å²) in [6.45, 7) is 6.98. The first-order chi connectivity index (χ1) is 41.4. The highest BCUT2D eigenvalue weighted by molar-refractivity contribution is 7.47. The first-order valence-corrected chi connectivity index (χ1v) is 37.4. The molecule has 0 saturated heterocycles. The quantitative estimate of drug-likeness (QED) is 0.0205. The van der Waals surface area contributed by atoms with E-state index in [-0.39, 0.29) is 31.5 Å². The molecule has 9 nitrogen and oxygen atoms in total. The third-order valence-electron chi connectivity index (χ3n) is 15.8. The van der Waals surface area contributed by atoms with E-state index < -0.39 is 20.0 Å². The summed E-state index contributed by atoms with van der Waals surface area (Å²) in [5.74, 6) is -0.505. The zero-order chi connectivity index (χ0) is 62.1. The van der Waals surface area contributed by atoms with Crippen LogP contribution in [-0.4, -0.2) is 74.3 Å². The Hall–Kier alpha value is -2.81. The standard InChI is InChI=1S/C75H137N2O7P/c1-7-10-13-16-19-22-25-27-29-31-33-35-36-37-38-39-40-42-43-45-47-49-52-55-58-61-64-67-74(78)76-72(71-83-85(80,81)82-70-69-77(4,5)6)73(66-63-60-57-54-51-24-21-18-15-12-9-3)84-75(79)68-65-62-59-56-53-50-48-46-44-41-34-32-30-28-26-23-20-17-14-11-8-2/h19-20,22-23,27-30,33,35,37-38,63,66,72-73H,7-18,21,24-26,31-32,34,36,39-62,64-65,67-71H2,1-6H3,(H-,76,78,80,81)/p+1/b22-19-,23-20-,29-27-,30-28-,35-33-,38-37-,66-63-. The summed E-state index contributed by atoms with van der Waals surface area (Å²) in [5, 5.41) is 3.07. The van der Waals surface area contributed by atoms with Crippen molar-refractivity contribution in [3.05, 3.63) is 85.1 Å². The van der Waals surface area contributed by atoms with E-state index in [4.69, 9.17) is 13.8 Å². The summed E-state index contributed by atoms with van der Waals surface area (Å²) < 4.78 is 30.8. The van der Waals surface area contributed by atoms with E-state index in [0.717, 1.165) is 83.5 Å². The van der Waals surface area contributed by atoms with Gasteiger partial charge in [0.25, 0.3) is 0 Å². The second-order valence-electron chi connectivity index (χ2n) is 25.4. The van der Waals surface area contributed by atoms with Gasteiger partial charge in [-0.05, 0) is 109 Å². The van der Waals surface area contributed by atoms with Crippen LogP contribution in [0.4, 0.5) is 0 Å². The first-order valence-electron chi connectivity index (χ1n) is 35.9. The molecule has 2 N–H and O–H groups in total. The lowest BCUT2D eigenvalue weighted by atomic mass is 10.0. The normalized spacial score (nSPS) is 14.0. The van der Waals surface area contributed by atoms with Gasteiger partial charge in [0.05, 0.1) is 33.8 Å². The highest BCUT2D eigenvalue weighted by atomic mass is 31.2. The maximum absolute atomic E-state index is 13.6. The Bertz CT molecular complexity index is 1730. The predicted molar refractivity (Wildman–Crippen MR) is 369 cm³/mol. The van der Waals surface area contributed by atoms with Gasteiger partial charge in [-0.25, -0.2) is 4.57 Å². The third-order valence-corrected chi connectivity index (χ3v) is 16.8. The average Bonchev–Trinajstić information content (AvgIpc) is 3.64. The lowest BCUT2D eigenvalue weighted by Crippen LogP contribution is -2.47. The van der Waals surface area contributed by atoms with Crippen LogP contribution in [0.25, 0.3) is 0 Å². The van der Waals surface area contributed by atoms with Gasteiger partial charge in [0.15, 0.2) is 0 Å². The number of quaternary nitrogens is 1. The van der Waals surface area contributed by atoms with Gasteiger partial charge in [0, 0.05) is 12.8 Å². The zero-order valence-corrected chi connectivity index (χ0v) is 57.5. The number of likely N-dealkylation sites (N-methyl/N-ethyl adjacent to an activating group) is 1. The Morgan fingerprint density at radius 2 is 0.718 bits per heavy atom. The van der Waals surface area contributed by atoms with E-state index in [9.17, 15) is 19.0 Å². The predicted octanol–water partition coefficient (Wildman–Crippen LogP) is 22.9. The summed E-state index contributed by atoms with van der Waals surface area (Å²) in [5.41, 5.74) is 0. The Kier molecular flexibility index (Phi) is 62.1. The van der Waals surface area contributed by atoms with Gasteiger partial charge >= 0.3 is 13.8 Å². The number of carbonyl (C=O) groups excluding carboxylic acids is 2. The Morgan fingerprint density at radius 1 is 0.412 bits per heavy atom. The van der Waals surface area contributed by atoms with Crippen LogP contribution in [0.3, 0.4) is 0 Å². The number of nitrogens with one attached hydrogen (secondary N) is 1. The molecule has 0 bridgehead atoms. The molecule has 0 fully saturated rings. The number of rotatable bonds is 65. The molecule has 0 saturated carbocycles. The van der Waals surface area contributed by atoms with E-state index in [1.54, 1.807) is 0 Å². The maximum Gasteiger partial charge on any atom is 0.472 e. The average molecular weight is 1210 g/mol. The zero-order valence-electron chi connectivity index (χ0n) is 56.6. The van der Waals surface area contributed by atoms with Crippen molar-refractivity contribution in [1.82, 2.24) is 5.32 Å².